The van der Waals surface area contributed by atoms with E-state index in [2.05, 4.69) is 139 Å². The Bertz CT molecular complexity index is 2190. The number of allylic oxidation sites excluding steroid dienone is 2. The first-order chi connectivity index (χ1) is 24.6. The predicted octanol–water partition coefficient (Wildman–Crippen LogP) is 13.2. The molecule has 51 heavy (non-hydrogen) atoms. The molecular weight excluding hydrogens is 637 g/mol. The third-order valence-corrected chi connectivity index (χ3v) is 12.8. The molecule has 0 fully saturated rings. The summed E-state index contributed by atoms with van der Waals surface area (Å²) in [5.74, 6) is 4.44. The summed E-state index contributed by atoms with van der Waals surface area (Å²) in [4.78, 5) is 0. The van der Waals surface area contributed by atoms with E-state index in [0.717, 1.165) is 44.6 Å². The van der Waals surface area contributed by atoms with Gasteiger partial charge < -0.3 is 8.83 Å². The summed E-state index contributed by atoms with van der Waals surface area (Å²) in [6, 6.07) is 33.7. The van der Waals surface area contributed by atoms with Crippen molar-refractivity contribution in [1.29, 1.82) is 0 Å². The Morgan fingerprint density at radius 3 is 1.24 bits per heavy atom. The average molecular weight is 683 g/mol. The molecule has 0 saturated heterocycles. The number of fused-ring (bicyclic) bond motifs is 2. The van der Waals surface area contributed by atoms with Gasteiger partial charge in [0.15, 0.2) is 0 Å². The Hall–Kier alpha value is -4.86. The molecule has 254 valence electrons. The SMILES string of the molecule is Cc1ccc(-c2c(C)c(C)cc3c2C=C(c2ccc(C)o2)C3C[Si]CC2C(c3ccc(C)o3)=Cc3c2cc(C)c(C)c3-c2ccc(C)cc2)cc1. The molecule has 0 aliphatic heterocycles. The predicted molar refractivity (Wildman–Crippen MR) is 216 cm³/mol. The van der Waals surface area contributed by atoms with Crippen molar-refractivity contribution in [2.24, 2.45) is 0 Å². The number of rotatable bonds is 8. The lowest BCUT2D eigenvalue weighted by Gasteiger charge is -2.22. The van der Waals surface area contributed by atoms with Gasteiger partial charge >= 0.3 is 0 Å². The molecule has 6 aromatic rings. The summed E-state index contributed by atoms with van der Waals surface area (Å²) >= 11 is 0. The molecule has 2 aromatic heterocycles. The zero-order valence-corrected chi connectivity index (χ0v) is 32.1. The molecule has 2 aliphatic carbocycles. The van der Waals surface area contributed by atoms with Crippen molar-refractivity contribution in [3.63, 3.8) is 0 Å². The molecule has 8 rings (SSSR count). The lowest BCUT2D eigenvalue weighted by molar-refractivity contribution is 0.518. The smallest absolute Gasteiger partial charge is 0.130 e. The van der Waals surface area contributed by atoms with E-state index in [1.165, 1.54) is 89.0 Å². The fourth-order valence-electron chi connectivity index (χ4n) is 8.32. The van der Waals surface area contributed by atoms with Crippen LogP contribution in [0.4, 0.5) is 0 Å². The van der Waals surface area contributed by atoms with E-state index in [4.69, 9.17) is 8.83 Å². The lowest BCUT2D eigenvalue weighted by atomic mass is 9.87. The highest BCUT2D eigenvalue weighted by Crippen LogP contribution is 2.52. The van der Waals surface area contributed by atoms with Crippen LogP contribution in [0.2, 0.25) is 12.1 Å². The number of furan rings is 2. The summed E-state index contributed by atoms with van der Waals surface area (Å²) in [5, 5.41) is 0. The van der Waals surface area contributed by atoms with E-state index in [-0.39, 0.29) is 11.8 Å². The topological polar surface area (TPSA) is 26.3 Å². The largest absolute Gasteiger partial charge is 0.462 e. The summed E-state index contributed by atoms with van der Waals surface area (Å²) in [6.07, 6.45) is 4.87. The van der Waals surface area contributed by atoms with Crippen LogP contribution in [-0.4, -0.2) is 9.52 Å². The van der Waals surface area contributed by atoms with Crippen LogP contribution in [0.15, 0.2) is 93.8 Å². The van der Waals surface area contributed by atoms with E-state index in [9.17, 15) is 0 Å². The highest BCUT2D eigenvalue weighted by atomic mass is 28.2. The average Bonchev–Trinajstić information content (AvgIpc) is 3.90. The van der Waals surface area contributed by atoms with Crippen LogP contribution < -0.4 is 0 Å². The normalized spacial score (nSPS) is 16.3. The van der Waals surface area contributed by atoms with Crippen LogP contribution in [0.1, 0.15) is 90.5 Å². The fraction of sp³-hybridized carbons (Fsp3) is 0.250. The maximum Gasteiger partial charge on any atom is 0.130 e. The van der Waals surface area contributed by atoms with Gasteiger partial charge in [-0.3, -0.25) is 0 Å². The minimum atomic E-state index is 0.273. The van der Waals surface area contributed by atoms with Gasteiger partial charge in [0.2, 0.25) is 0 Å². The molecule has 2 aliphatic rings. The van der Waals surface area contributed by atoms with Gasteiger partial charge in [-0.15, -0.1) is 0 Å². The fourth-order valence-corrected chi connectivity index (χ4v) is 9.95. The van der Waals surface area contributed by atoms with Gasteiger partial charge in [-0.2, -0.15) is 0 Å². The molecule has 0 N–H and O–H groups in total. The molecule has 2 unspecified atom stereocenters. The van der Waals surface area contributed by atoms with Crippen molar-refractivity contribution in [3.05, 3.63) is 164 Å². The number of benzene rings is 4. The van der Waals surface area contributed by atoms with Crippen molar-refractivity contribution >= 4 is 32.8 Å². The third kappa shape index (κ3) is 5.92. The minimum Gasteiger partial charge on any atom is -0.462 e. The van der Waals surface area contributed by atoms with Gasteiger partial charge in [0.25, 0.3) is 0 Å². The van der Waals surface area contributed by atoms with Crippen molar-refractivity contribution in [2.45, 2.75) is 79.3 Å². The van der Waals surface area contributed by atoms with Gasteiger partial charge in [0.05, 0.1) is 0 Å². The van der Waals surface area contributed by atoms with Crippen molar-refractivity contribution in [2.75, 3.05) is 0 Å². The summed E-state index contributed by atoms with van der Waals surface area (Å²) in [7, 11) is 0.746. The Labute approximate surface area is 305 Å². The van der Waals surface area contributed by atoms with E-state index in [1.54, 1.807) is 0 Å². The first kappa shape index (κ1) is 33.3. The second-order valence-electron chi connectivity index (χ2n) is 14.9. The minimum absolute atomic E-state index is 0.273. The quantitative estimate of drug-likeness (QED) is 0.149. The highest BCUT2D eigenvalue weighted by molar-refractivity contribution is 6.37. The van der Waals surface area contributed by atoms with E-state index >= 15 is 0 Å². The molecule has 0 amide bonds. The van der Waals surface area contributed by atoms with Crippen molar-refractivity contribution in [3.8, 4) is 22.3 Å². The molecule has 2 radical (unpaired) electrons. The van der Waals surface area contributed by atoms with E-state index in [0.29, 0.717) is 0 Å². The third-order valence-electron chi connectivity index (χ3n) is 11.4. The zero-order chi connectivity index (χ0) is 35.6. The Morgan fingerprint density at radius 1 is 0.490 bits per heavy atom. The van der Waals surface area contributed by atoms with Crippen LogP contribution in [0, 0.1) is 55.4 Å². The summed E-state index contributed by atoms with van der Waals surface area (Å²) in [6.45, 7) is 17.5. The van der Waals surface area contributed by atoms with E-state index < -0.39 is 0 Å². The Kier molecular flexibility index (Phi) is 8.51. The van der Waals surface area contributed by atoms with Crippen LogP contribution in [0.5, 0.6) is 0 Å². The Balaban J connectivity index is 1.18. The second-order valence-corrected chi connectivity index (χ2v) is 16.2. The van der Waals surface area contributed by atoms with Gasteiger partial charge in [0.1, 0.15) is 23.0 Å². The number of hydrogen-bond donors (Lipinski definition) is 0. The van der Waals surface area contributed by atoms with Crippen LogP contribution in [0.25, 0.3) is 45.6 Å². The molecule has 3 heteroatoms. The van der Waals surface area contributed by atoms with Crippen molar-refractivity contribution < 1.29 is 8.83 Å². The molecule has 0 saturated carbocycles. The number of hydrogen-bond acceptors (Lipinski definition) is 2. The lowest BCUT2D eigenvalue weighted by Crippen LogP contribution is -2.08. The second kappa shape index (κ2) is 13.0. The molecule has 2 nitrogen and oxygen atoms in total. The van der Waals surface area contributed by atoms with Crippen molar-refractivity contribution in [1.82, 2.24) is 0 Å². The molecule has 0 bridgehead atoms. The first-order valence-electron chi connectivity index (χ1n) is 18.3. The van der Waals surface area contributed by atoms with Gasteiger partial charge in [0, 0.05) is 32.5 Å². The highest BCUT2D eigenvalue weighted by Gasteiger charge is 2.34. The van der Waals surface area contributed by atoms with Crippen LogP contribution in [0.3, 0.4) is 0 Å². The maximum absolute atomic E-state index is 6.35. The zero-order valence-electron chi connectivity index (χ0n) is 31.1. The summed E-state index contributed by atoms with van der Waals surface area (Å²) < 4.78 is 12.7. The molecular formula is C48H46O2Si. The summed E-state index contributed by atoms with van der Waals surface area (Å²) in [5.41, 5.74) is 21.4. The molecule has 2 atom stereocenters. The van der Waals surface area contributed by atoms with Gasteiger partial charge in [-0.25, -0.2) is 0 Å². The first-order valence-corrected chi connectivity index (χ1v) is 19.7. The molecule has 0 spiro atoms. The van der Waals surface area contributed by atoms with Gasteiger partial charge in [-0.05, 0) is 171 Å². The molecule has 4 aromatic carbocycles. The van der Waals surface area contributed by atoms with Gasteiger partial charge in [-0.1, -0.05) is 71.8 Å². The Morgan fingerprint density at radius 2 is 0.882 bits per heavy atom. The maximum atomic E-state index is 6.35. The van der Waals surface area contributed by atoms with Crippen LogP contribution >= 0.6 is 0 Å². The molecule has 2 heterocycles. The van der Waals surface area contributed by atoms with Crippen LogP contribution in [-0.2, 0) is 0 Å². The number of aryl methyl sites for hydroxylation is 6. The standard InChI is InChI=1S/C48H46O2Si/c1-27-9-15-35(16-10-27)47-33(7)29(3)21-37-41(47)23-39(45-19-13-31(5)49-45)43(37)25-51-26-44-38-22-30(4)34(8)48(36-17-11-28(2)12-18-36)42(38)24-40(44)46-20-14-32(6)50-46/h9-24,43-44H,25-26H2,1-8H3. The monoisotopic (exact) mass is 682 g/mol. The van der Waals surface area contributed by atoms with E-state index in [1.807, 2.05) is 13.8 Å².